The third-order valence-corrected chi connectivity index (χ3v) is 2.54. The number of nitrogens with zero attached hydrogens (tertiary/aromatic N) is 1. The highest BCUT2D eigenvalue weighted by atomic mass is 32.2. The van der Waals surface area contributed by atoms with E-state index in [4.69, 9.17) is 0 Å². The van der Waals surface area contributed by atoms with Crippen molar-refractivity contribution >= 4 is 15.8 Å². The maximum Gasteiger partial charge on any atom is 0.339 e. The molecule has 14 heavy (non-hydrogen) atoms. The lowest BCUT2D eigenvalue weighted by Crippen LogP contribution is -2.05. The number of rotatable bonds is 2. The van der Waals surface area contributed by atoms with E-state index in [2.05, 4.69) is 9.72 Å². The number of sulfone groups is 1. The summed E-state index contributed by atoms with van der Waals surface area (Å²) in [5, 5.41) is -0.0647. The molecule has 0 N–H and O–H groups in total. The molecule has 0 saturated carbocycles. The summed E-state index contributed by atoms with van der Waals surface area (Å²) in [6, 6.07) is 2.62. The Hall–Kier alpha value is -1.43. The zero-order valence-corrected chi connectivity index (χ0v) is 8.54. The lowest BCUT2D eigenvalue weighted by atomic mass is 10.3. The van der Waals surface area contributed by atoms with Crippen molar-refractivity contribution in [3.63, 3.8) is 0 Å². The SMILES string of the molecule is COC(=O)c1ccc(S(C)(=O)=O)nc1. The van der Waals surface area contributed by atoms with Crippen molar-refractivity contribution in [2.45, 2.75) is 5.03 Å². The lowest BCUT2D eigenvalue weighted by molar-refractivity contribution is 0.0600. The van der Waals surface area contributed by atoms with Crippen molar-refractivity contribution in [1.82, 2.24) is 4.98 Å². The van der Waals surface area contributed by atoms with Gasteiger partial charge in [-0.1, -0.05) is 0 Å². The molecule has 0 aliphatic heterocycles. The lowest BCUT2D eigenvalue weighted by Gasteiger charge is -1.99. The van der Waals surface area contributed by atoms with Crippen LogP contribution < -0.4 is 0 Å². The first-order chi connectivity index (χ1) is 6.45. The quantitative estimate of drug-likeness (QED) is 0.662. The van der Waals surface area contributed by atoms with Gasteiger partial charge in [-0.3, -0.25) is 0 Å². The van der Waals surface area contributed by atoms with Crippen LogP contribution in [0, 0.1) is 0 Å². The molecule has 0 bridgehead atoms. The van der Waals surface area contributed by atoms with E-state index in [0.717, 1.165) is 6.26 Å². The summed E-state index contributed by atoms with van der Waals surface area (Å²) in [4.78, 5) is 14.6. The topological polar surface area (TPSA) is 73.3 Å². The van der Waals surface area contributed by atoms with Gasteiger partial charge >= 0.3 is 5.97 Å². The van der Waals surface area contributed by atoms with Gasteiger partial charge in [-0.2, -0.15) is 0 Å². The minimum atomic E-state index is -3.32. The van der Waals surface area contributed by atoms with Crippen LogP contribution in [0.15, 0.2) is 23.4 Å². The molecule has 1 aromatic rings. The normalized spacial score (nSPS) is 11.0. The van der Waals surface area contributed by atoms with E-state index in [9.17, 15) is 13.2 Å². The Labute approximate surface area is 81.6 Å². The fourth-order valence-electron chi connectivity index (χ4n) is 0.838. The average molecular weight is 215 g/mol. The number of methoxy groups -OCH3 is 1. The van der Waals surface area contributed by atoms with Gasteiger partial charge in [-0.05, 0) is 12.1 Å². The van der Waals surface area contributed by atoms with Gasteiger partial charge < -0.3 is 4.74 Å². The molecule has 1 heterocycles. The van der Waals surface area contributed by atoms with E-state index >= 15 is 0 Å². The number of aromatic nitrogens is 1. The van der Waals surface area contributed by atoms with Crippen LogP contribution in [0.3, 0.4) is 0 Å². The second kappa shape index (κ2) is 3.75. The van der Waals surface area contributed by atoms with E-state index in [0.29, 0.717) is 0 Å². The molecule has 0 unspecified atom stereocenters. The summed E-state index contributed by atoms with van der Waals surface area (Å²) >= 11 is 0. The molecule has 6 heteroatoms. The predicted octanol–water partition coefficient (Wildman–Crippen LogP) is 0.272. The number of carbonyl (C=O) groups is 1. The Morgan fingerprint density at radius 2 is 2.07 bits per heavy atom. The highest BCUT2D eigenvalue weighted by Gasteiger charge is 2.10. The highest BCUT2D eigenvalue weighted by Crippen LogP contribution is 2.06. The number of pyridine rings is 1. The average Bonchev–Trinajstić information content (AvgIpc) is 2.15. The van der Waals surface area contributed by atoms with Crippen molar-refractivity contribution in [1.29, 1.82) is 0 Å². The molecule has 0 aliphatic carbocycles. The number of ether oxygens (including phenoxy) is 1. The van der Waals surface area contributed by atoms with Crippen LogP contribution in [-0.4, -0.2) is 32.7 Å². The second-order valence-corrected chi connectivity index (χ2v) is 4.61. The molecule has 0 atom stereocenters. The summed E-state index contributed by atoms with van der Waals surface area (Å²) in [5.74, 6) is -0.544. The van der Waals surface area contributed by atoms with Gasteiger partial charge in [0.15, 0.2) is 14.9 Å². The number of carbonyl (C=O) groups excluding carboxylic acids is 1. The van der Waals surface area contributed by atoms with Gasteiger partial charge in [0.2, 0.25) is 0 Å². The van der Waals surface area contributed by atoms with Crippen molar-refractivity contribution < 1.29 is 17.9 Å². The minimum absolute atomic E-state index is 0.0647. The molecule has 1 aromatic heterocycles. The molecule has 1 rings (SSSR count). The molecule has 0 fully saturated rings. The first kappa shape index (κ1) is 10.6. The molecule has 0 saturated heterocycles. The van der Waals surface area contributed by atoms with Crippen LogP contribution in [0.4, 0.5) is 0 Å². The standard InChI is InChI=1S/C8H9NO4S/c1-13-8(10)6-3-4-7(9-5-6)14(2,11)12/h3-5H,1-2H3. The monoisotopic (exact) mass is 215 g/mol. The summed E-state index contributed by atoms with van der Waals surface area (Å²) in [7, 11) is -2.07. The van der Waals surface area contributed by atoms with Gasteiger partial charge in [0, 0.05) is 12.5 Å². The van der Waals surface area contributed by atoms with Crippen molar-refractivity contribution in [2.75, 3.05) is 13.4 Å². The number of esters is 1. The van der Waals surface area contributed by atoms with E-state index in [1.54, 1.807) is 0 Å². The molecule has 0 spiro atoms. The molecule has 5 nitrogen and oxygen atoms in total. The van der Waals surface area contributed by atoms with E-state index in [-0.39, 0.29) is 10.6 Å². The van der Waals surface area contributed by atoms with Gasteiger partial charge in [-0.25, -0.2) is 18.2 Å². The summed E-state index contributed by atoms with van der Waals surface area (Å²) < 4.78 is 26.4. The van der Waals surface area contributed by atoms with Crippen LogP contribution in [0.25, 0.3) is 0 Å². The van der Waals surface area contributed by atoms with Crippen molar-refractivity contribution in [3.8, 4) is 0 Å². The molecule has 0 aliphatic rings. The minimum Gasteiger partial charge on any atom is -0.465 e. The Morgan fingerprint density at radius 1 is 1.43 bits per heavy atom. The molecule has 0 aromatic carbocycles. The maximum atomic E-state index is 11.0. The maximum absolute atomic E-state index is 11.0. The van der Waals surface area contributed by atoms with Crippen molar-refractivity contribution in [2.24, 2.45) is 0 Å². The fourth-order valence-corrected chi connectivity index (χ4v) is 1.40. The predicted molar refractivity (Wildman–Crippen MR) is 48.7 cm³/mol. The highest BCUT2D eigenvalue weighted by molar-refractivity contribution is 7.90. The van der Waals surface area contributed by atoms with Crippen molar-refractivity contribution in [3.05, 3.63) is 23.9 Å². The zero-order chi connectivity index (χ0) is 10.8. The Morgan fingerprint density at radius 3 is 2.43 bits per heavy atom. The van der Waals surface area contributed by atoms with Crippen LogP contribution in [0.2, 0.25) is 0 Å². The van der Waals surface area contributed by atoms with Crippen LogP contribution >= 0.6 is 0 Å². The molecule has 76 valence electrons. The second-order valence-electron chi connectivity index (χ2n) is 2.65. The number of hydrogen-bond donors (Lipinski definition) is 0. The molecule has 0 radical (unpaired) electrons. The van der Waals surface area contributed by atoms with Crippen LogP contribution in [0.1, 0.15) is 10.4 Å². The van der Waals surface area contributed by atoms with Gasteiger partial charge in [0.05, 0.1) is 12.7 Å². The van der Waals surface area contributed by atoms with E-state index < -0.39 is 15.8 Å². The van der Waals surface area contributed by atoms with Gasteiger partial charge in [-0.15, -0.1) is 0 Å². The first-order valence-corrected chi connectivity index (χ1v) is 5.58. The summed E-state index contributed by atoms with van der Waals surface area (Å²) in [5.41, 5.74) is 0.222. The Bertz CT molecular complexity index is 435. The third-order valence-electron chi connectivity index (χ3n) is 1.54. The first-order valence-electron chi connectivity index (χ1n) is 3.69. The van der Waals surface area contributed by atoms with E-state index in [1.807, 2.05) is 0 Å². The Kier molecular flexibility index (Phi) is 2.85. The molecular formula is C8H9NO4S. The van der Waals surface area contributed by atoms with E-state index in [1.165, 1.54) is 25.4 Å². The van der Waals surface area contributed by atoms with Crippen LogP contribution in [-0.2, 0) is 14.6 Å². The fraction of sp³-hybridized carbons (Fsp3) is 0.250. The molecular weight excluding hydrogens is 206 g/mol. The molecule has 0 amide bonds. The van der Waals surface area contributed by atoms with Gasteiger partial charge in [0.1, 0.15) is 0 Å². The zero-order valence-electron chi connectivity index (χ0n) is 7.72. The smallest absolute Gasteiger partial charge is 0.339 e. The summed E-state index contributed by atoms with van der Waals surface area (Å²) in [6.07, 6.45) is 2.22. The summed E-state index contributed by atoms with van der Waals surface area (Å²) in [6.45, 7) is 0. The Balaban J connectivity index is 3.07. The van der Waals surface area contributed by atoms with Crippen LogP contribution in [0.5, 0.6) is 0 Å². The number of hydrogen-bond acceptors (Lipinski definition) is 5. The third kappa shape index (κ3) is 2.29. The largest absolute Gasteiger partial charge is 0.465 e. The van der Waals surface area contributed by atoms with Gasteiger partial charge in [0.25, 0.3) is 0 Å².